The lowest BCUT2D eigenvalue weighted by Gasteiger charge is -2.23. The number of amides is 2. The van der Waals surface area contributed by atoms with Crippen LogP contribution in [0, 0.1) is 0 Å². The quantitative estimate of drug-likeness (QED) is 0.922. The number of carbonyl (C=O) groups is 1. The number of rotatable bonds is 4. The van der Waals surface area contributed by atoms with E-state index >= 15 is 0 Å². The Morgan fingerprint density at radius 2 is 2.21 bits per heavy atom. The van der Waals surface area contributed by atoms with Gasteiger partial charge in [0.25, 0.3) is 0 Å². The van der Waals surface area contributed by atoms with Crippen molar-refractivity contribution in [3.8, 4) is 0 Å². The summed E-state index contributed by atoms with van der Waals surface area (Å²) in [7, 11) is 0. The van der Waals surface area contributed by atoms with Crippen LogP contribution in [0.5, 0.6) is 0 Å². The van der Waals surface area contributed by atoms with Crippen LogP contribution < -0.4 is 10.2 Å². The molecule has 0 saturated heterocycles. The molecule has 0 bridgehead atoms. The second-order valence-electron chi connectivity index (χ2n) is 5.90. The average Bonchev–Trinajstić information content (AvgIpc) is 2.79. The van der Waals surface area contributed by atoms with Crippen molar-refractivity contribution < 1.29 is 4.79 Å². The second-order valence-corrected chi connectivity index (χ2v) is 6.33. The SMILES string of the molecule is CCNC(=O)N(Cc1nnc2n1CCCCC2)c1cccc(Cl)c1. The van der Waals surface area contributed by atoms with Gasteiger partial charge in [0.1, 0.15) is 5.82 Å². The number of halogens is 1. The summed E-state index contributed by atoms with van der Waals surface area (Å²) < 4.78 is 2.16. The molecule has 24 heavy (non-hydrogen) atoms. The molecule has 0 unspecified atom stereocenters. The zero-order valence-electron chi connectivity index (χ0n) is 13.8. The monoisotopic (exact) mass is 347 g/mol. The molecule has 2 amide bonds. The van der Waals surface area contributed by atoms with E-state index in [2.05, 4.69) is 20.1 Å². The normalized spacial score (nSPS) is 13.9. The summed E-state index contributed by atoms with van der Waals surface area (Å²) in [6.45, 7) is 3.75. The molecule has 1 aromatic heterocycles. The van der Waals surface area contributed by atoms with Crippen LogP contribution >= 0.6 is 11.6 Å². The third kappa shape index (κ3) is 3.70. The smallest absolute Gasteiger partial charge is 0.322 e. The minimum absolute atomic E-state index is 0.161. The first-order chi connectivity index (χ1) is 11.7. The number of anilines is 1. The maximum Gasteiger partial charge on any atom is 0.322 e. The molecule has 1 aliphatic heterocycles. The van der Waals surface area contributed by atoms with Crippen LogP contribution in [0.25, 0.3) is 0 Å². The molecule has 0 atom stereocenters. The highest BCUT2D eigenvalue weighted by atomic mass is 35.5. The van der Waals surface area contributed by atoms with Gasteiger partial charge in [-0.3, -0.25) is 4.90 Å². The number of aryl methyl sites for hydroxylation is 1. The lowest BCUT2D eigenvalue weighted by molar-refractivity contribution is 0.246. The van der Waals surface area contributed by atoms with Gasteiger partial charge in [-0.15, -0.1) is 10.2 Å². The molecule has 2 heterocycles. The van der Waals surface area contributed by atoms with Crippen LogP contribution in [-0.2, 0) is 19.5 Å². The minimum atomic E-state index is -0.161. The Morgan fingerprint density at radius 1 is 1.33 bits per heavy atom. The fourth-order valence-corrected chi connectivity index (χ4v) is 3.16. The Morgan fingerprint density at radius 3 is 3.00 bits per heavy atom. The highest BCUT2D eigenvalue weighted by molar-refractivity contribution is 6.30. The fraction of sp³-hybridized carbons (Fsp3) is 0.471. The molecule has 128 valence electrons. The average molecular weight is 348 g/mol. The van der Waals surface area contributed by atoms with Crippen LogP contribution in [-0.4, -0.2) is 27.3 Å². The maximum atomic E-state index is 12.5. The van der Waals surface area contributed by atoms with Crippen molar-refractivity contribution in [1.82, 2.24) is 20.1 Å². The van der Waals surface area contributed by atoms with E-state index in [1.54, 1.807) is 17.0 Å². The summed E-state index contributed by atoms with van der Waals surface area (Å²) in [6, 6.07) is 7.14. The zero-order chi connectivity index (χ0) is 16.9. The van der Waals surface area contributed by atoms with Crippen molar-refractivity contribution in [1.29, 1.82) is 0 Å². The van der Waals surface area contributed by atoms with Crippen molar-refractivity contribution in [3.63, 3.8) is 0 Å². The summed E-state index contributed by atoms with van der Waals surface area (Å²) in [6.07, 6.45) is 4.42. The number of hydrogen-bond donors (Lipinski definition) is 1. The summed E-state index contributed by atoms with van der Waals surface area (Å²) in [5, 5.41) is 12.1. The number of aromatic nitrogens is 3. The first-order valence-electron chi connectivity index (χ1n) is 8.41. The molecule has 0 radical (unpaired) electrons. The molecule has 0 saturated carbocycles. The molecule has 3 rings (SSSR count). The predicted octanol–water partition coefficient (Wildman–Crippen LogP) is 3.39. The number of nitrogens with zero attached hydrogens (tertiary/aromatic N) is 4. The van der Waals surface area contributed by atoms with Gasteiger partial charge in [-0.2, -0.15) is 0 Å². The molecule has 0 aliphatic carbocycles. The standard InChI is InChI=1S/C17H22ClN5O/c1-2-19-17(24)23(14-8-6-7-13(18)11-14)12-16-21-20-15-9-4-3-5-10-22(15)16/h6-8,11H,2-5,9-10,12H2,1H3,(H,19,24). The fourth-order valence-electron chi connectivity index (χ4n) is 2.97. The van der Waals surface area contributed by atoms with Crippen molar-refractivity contribution >= 4 is 23.3 Å². The molecule has 6 nitrogen and oxygen atoms in total. The lowest BCUT2D eigenvalue weighted by atomic mass is 10.2. The second kappa shape index (κ2) is 7.66. The molecular weight excluding hydrogens is 326 g/mol. The Labute approximate surface area is 146 Å². The number of benzene rings is 1. The van der Waals surface area contributed by atoms with Crippen LogP contribution in [0.1, 0.15) is 37.8 Å². The van der Waals surface area contributed by atoms with Gasteiger partial charge in [0.05, 0.1) is 6.54 Å². The molecule has 0 fully saturated rings. The highest BCUT2D eigenvalue weighted by Gasteiger charge is 2.21. The van der Waals surface area contributed by atoms with Crippen molar-refractivity contribution in [2.45, 2.75) is 45.7 Å². The molecule has 2 aromatic rings. The van der Waals surface area contributed by atoms with Gasteiger partial charge in [0, 0.05) is 30.2 Å². The summed E-state index contributed by atoms with van der Waals surface area (Å²) in [4.78, 5) is 14.2. The van der Waals surface area contributed by atoms with Crippen LogP contribution in [0.4, 0.5) is 10.5 Å². The number of hydrogen-bond acceptors (Lipinski definition) is 3. The van der Waals surface area contributed by atoms with Crippen molar-refractivity contribution in [2.75, 3.05) is 11.4 Å². The molecule has 1 N–H and O–H groups in total. The van der Waals surface area contributed by atoms with Crippen LogP contribution in [0.15, 0.2) is 24.3 Å². The topological polar surface area (TPSA) is 63.1 Å². The van der Waals surface area contributed by atoms with Gasteiger partial charge in [-0.25, -0.2) is 4.79 Å². The van der Waals surface area contributed by atoms with E-state index in [0.717, 1.165) is 43.1 Å². The Bertz CT molecular complexity index is 715. The summed E-state index contributed by atoms with van der Waals surface area (Å²) >= 11 is 6.10. The molecule has 1 aromatic carbocycles. The number of carbonyl (C=O) groups excluding carboxylic acids is 1. The van der Waals surface area contributed by atoms with Gasteiger partial charge in [-0.1, -0.05) is 24.1 Å². The van der Waals surface area contributed by atoms with Crippen molar-refractivity contribution in [3.05, 3.63) is 40.9 Å². The minimum Gasteiger partial charge on any atom is -0.338 e. The van der Waals surface area contributed by atoms with E-state index in [0.29, 0.717) is 18.1 Å². The first-order valence-corrected chi connectivity index (χ1v) is 8.78. The molecule has 7 heteroatoms. The Kier molecular flexibility index (Phi) is 5.35. The third-order valence-corrected chi connectivity index (χ3v) is 4.41. The van der Waals surface area contributed by atoms with Crippen LogP contribution in [0.2, 0.25) is 5.02 Å². The van der Waals surface area contributed by atoms with E-state index in [4.69, 9.17) is 11.6 Å². The predicted molar refractivity (Wildman–Crippen MR) is 94.3 cm³/mol. The number of fused-ring (bicyclic) bond motifs is 1. The van der Waals surface area contributed by atoms with Gasteiger partial charge < -0.3 is 9.88 Å². The Balaban J connectivity index is 1.90. The lowest BCUT2D eigenvalue weighted by Crippen LogP contribution is -2.40. The summed E-state index contributed by atoms with van der Waals surface area (Å²) in [5.41, 5.74) is 0.749. The van der Waals surface area contributed by atoms with E-state index in [-0.39, 0.29) is 6.03 Å². The van der Waals surface area contributed by atoms with E-state index < -0.39 is 0 Å². The third-order valence-electron chi connectivity index (χ3n) is 4.18. The van der Waals surface area contributed by atoms with E-state index in [1.807, 2.05) is 19.1 Å². The number of nitrogens with one attached hydrogen (secondary N) is 1. The van der Waals surface area contributed by atoms with Gasteiger partial charge in [0.2, 0.25) is 0 Å². The molecule has 1 aliphatic rings. The maximum absolute atomic E-state index is 12.5. The first kappa shape index (κ1) is 16.8. The van der Waals surface area contributed by atoms with Crippen molar-refractivity contribution in [2.24, 2.45) is 0 Å². The summed E-state index contributed by atoms with van der Waals surface area (Å²) in [5.74, 6) is 1.84. The van der Waals surface area contributed by atoms with Gasteiger partial charge in [-0.05, 0) is 38.0 Å². The van der Waals surface area contributed by atoms with Crippen LogP contribution in [0.3, 0.4) is 0 Å². The van der Waals surface area contributed by atoms with E-state index in [9.17, 15) is 4.79 Å². The zero-order valence-corrected chi connectivity index (χ0v) is 14.6. The highest BCUT2D eigenvalue weighted by Crippen LogP contribution is 2.22. The van der Waals surface area contributed by atoms with Gasteiger partial charge >= 0.3 is 6.03 Å². The molecule has 0 spiro atoms. The number of urea groups is 1. The Hall–Kier alpha value is -2.08. The largest absolute Gasteiger partial charge is 0.338 e. The van der Waals surface area contributed by atoms with Gasteiger partial charge in [0.15, 0.2) is 5.82 Å². The molecular formula is C17H22ClN5O. The van der Waals surface area contributed by atoms with E-state index in [1.165, 1.54) is 6.42 Å².